The fourth-order valence-corrected chi connectivity index (χ4v) is 4.59. The van der Waals surface area contributed by atoms with Gasteiger partial charge in [-0.2, -0.15) is 0 Å². The van der Waals surface area contributed by atoms with Crippen molar-refractivity contribution < 1.29 is 66.8 Å². The van der Waals surface area contributed by atoms with Gasteiger partial charge in [-0.25, -0.2) is 9.78 Å². The van der Waals surface area contributed by atoms with Crippen molar-refractivity contribution in [2.45, 2.75) is 39.7 Å². The molecule has 0 aliphatic heterocycles. The molecule has 0 saturated heterocycles. The molecule has 2 aromatic heterocycles. The van der Waals surface area contributed by atoms with Gasteiger partial charge in [-0.1, -0.05) is 73.6 Å². The molecule has 0 fully saturated rings. The minimum absolute atomic E-state index is 0. The van der Waals surface area contributed by atoms with E-state index in [1.165, 1.54) is 0 Å². The van der Waals surface area contributed by atoms with Crippen molar-refractivity contribution in [3.8, 4) is 39.8 Å². The summed E-state index contributed by atoms with van der Waals surface area (Å²) >= 11 is 0. The second kappa shape index (κ2) is 14.1. The number of benzene rings is 3. The summed E-state index contributed by atoms with van der Waals surface area (Å²) < 4.78 is 17.8. The van der Waals surface area contributed by atoms with E-state index in [2.05, 4.69) is 17.1 Å². The summed E-state index contributed by atoms with van der Waals surface area (Å²) in [6.07, 6.45) is 2.09. The molecule has 206 valence electrons. The molecule has 41 heavy (non-hydrogen) atoms. The van der Waals surface area contributed by atoms with Gasteiger partial charge in [0.05, 0.1) is 19.3 Å². The molecule has 5 rings (SSSR count). The zero-order valence-electron chi connectivity index (χ0n) is 24.6. The van der Waals surface area contributed by atoms with E-state index in [4.69, 9.17) is 19.0 Å². The van der Waals surface area contributed by atoms with Crippen molar-refractivity contribution in [2.75, 3.05) is 7.11 Å². The van der Waals surface area contributed by atoms with Gasteiger partial charge >= 0.3 is 57.1 Å². The Labute approximate surface area is 281 Å². The van der Waals surface area contributed by atoms with Crippen LogP contribution in [0.25, 0.3) is 22.5 Å². The number of nitrogens with zero attached hydrogens (tertiary/aromatic N) is 3. The van der Waals surface area contributed by atoms with Crippen molar-refractivity contribution in [2.24, 2.45) is 0 Å². The van der Waals surface area contributed by atoms with Gasteiger partial charge in [0.2, 0.25) is 5.75 Å². The Kier molecular flexibility index (Phi) is 10.5. The Hall–Kier alpha value is -3.28. The molecule has 0 radical (unpaired) electrons. The minimum Gasteiger partial charge on any atom is -1.00 e. The van der Waals surface area contributed by atoms with Crippen LogP contribution in [0.1, 0.15) is 38.8 Å². The Morgan fingerprint density at radius 2 is 1.68 bits per heavy atom. The molecule has 0 saturated carbocycles. The first-order chi connectivity index (χ1) is 19.5. The average Bonchev–Trinajstić information content (AvgIpc) is 3.43. The number of ether oxygens (including phenoxy) is 2. The van der Waals surface area contributed by atoms with E-state index in [1.807, 2.05) is 67.6 Å². The maximum Gasteiger partial charge on any atom is 1.00 e. The molecule has 0 aliphatic carbocycles. The van der Waals surface area contributed by atoms with E-state index in [0.717, 1.165) is 34.5 Å². The molecule has 9 nitrogen and oxygen atoms in total. The molecule has 1 N–H and O–H groups in total. The van der Waals surface area contributed by atoms with Gasteiger partial charge in [-0.15, -0.1) is 0 Å². The maximum absolute atomic E-state index is 13.8. The number of aryl methyl sites for hydroxylation is 2. The van der Waals surface area contributed by atoms with E-state index in [0.29, 0.717) is 42.4 Å². The zero-order chi connectivity index (χ0) is 28.1. The smallest absolute Gasteiger partial charge is 1.00 e. The minimum atomic E-state index is -0.606. The molecule has 5 aromatic rings. The van der Waals surface area contributed by atoms with Crippen LogP contribution >= 0.6 is 0 Å². The Morgan fingerprint density at radius 1 is 0.951 bits per heavy atom. The molecular weight excluding hydrogens is 547 g/mol. The zero-order valence-corrected chi connectivity index (χ0v) is 26.8. The molecule has 2 heterocycles. The van der Waals surface area contributed by atoms with E-state index in [-0.39, 0.29) is 64.1 Å². The van der Waals surface area contributed by atoms with Crippen LogP contribution in [0.5, 0.6) is 17.2 Å². The van der Waals surface area contributed by atoms with E-state index < -0.39 is 5.76 Å². The number of hydrogen-bond donors (Lipinski definition) is 1. The first-order valence-corrected chi connectivity index (χ1v) is 13.2. The third kappa shape index (κ3) is 6.96. The van der Waals surface area contributed by atoms with Crippen molar-refractivity contribution in [3.05, 3.63) is 111 Å². The number of aromatic amines is 1. The van der Waals surface area contributed by atoms with Crippen LogP contribution in [0.4, 0.5) is 0 Å². The summed E-state index contributed by atoms with van der Waals surface area (Å²) in [6.45, 7) is 4.38. The van der Waals surface area contributed by atoms with Crippen molar-refractivity contribution in [3.63, 3.8) is 0 Å². The second-order valence-electron chi connectivity index (χ2n) is 9.27. The van der Waals surface area contributed by atoms with Gasteiger partial charge in [0.1, 0.15) is 17.3 Å². The van der Waals surface area contributed by atoms with E-state index in [1.54, 1.807) is 23.8 Å². The summed E-state index contributed by atoms with van der Waals surface area (Å²) in [7, 11) is 1.59. The van der Waals surface area contributed by atoms with Gasteiger partial charge < -0.3 is 10.9 Å². The number of aromatic nitrogens is 4. The quantitative estimate of drug-likeness (QED) is 0.254. The molecule has 0 unspecified atom stereocenters. The van der Waals surface area contributed by atoms with E-state index >= 15 is 0 Å². The predicted molar refractivity (Wildman–Crippen MR) is 153 cm³/mol. The summed E-state index contributed by atoms with van der Waals surface area (Å²) in [6, 6.07) is 22.7. The van der Waals surface area contributed by atoms with Crippen LogP contribution in [0, 0.1) is 0 Å². The van der Waals surface area contributed by atoms with Crippen LogP contribution in [0.2, 0.25) is 0 Å². The third-order valence-electron chi connectivity index (χ3n) is 6.57. The van der Waals surface area contributed by atoms with Crippen LogP contribution in [0.3, 0.4) is 0 Å². The van der Waals surface area contributed by atoms with Crippen molar-refractivity contribution in [1.29, 1.82) is 0 Å². The summed E-state index contributed by atoms with van der Waals surface area (Å²) in [5.41, 5.74) is 3.93. The largest absolute Gasteiger partial charge is 1.00 e. The van der Waals surface area contributed by atoms with Gasteiger partial charge in [0.15, 0.2) is 5.82 Å². The fraction of sp³-hybridized carbons (Fsp3) is 0.226. The molecular formula is C31H31KN4O5. The molecule has 0 aliphatic rings. The standard InChI is InChI=1S/C31H30N4O5.K.H/c1-4-9-27-32-26(5-2)28(39-23-11-8-10-22(18-23)38-3)30(36)35(27)19-20-14-16-21(17-15-20)24-12-6-7-13-25(24)29-33-31(37)40-34-29;;/h6-8,10-18H,4-5,9,19H2,1-3H3,(H,33,34,37);;/q;+1;-1. The average molecular weight is 579 g/mol. The molecule has 3 aromatic carbocycles. The monoisotopic (exact) mass is 578 g/mol. The first kappa shape index (κ1) is 30.7. The van der Waals surface area contributed by atoms with Crippen molar-refractivity contribution in [1.82, 2.24) is 19.7 Å². The Bertz CT molecular complexity index is 1750. The number of rotatable bonds is 10. The normalized spacial score (nSPS) is 10.7. The summed E-state index contributed by atoms with van der Waals surface area (Å²) in [5, 5.41) is 3.84. The first-order valence-electron chi connectivity index (χ1n) is 13.2. The molecule has 0 bridgehead atoms. The summed E-state index contributed by atoms with van der Waals surface area (Å²) in [5.74, 6) is 1.87. The number of H-pyrrole nitrogens is 1. The second-order valence-corrected chi connectivity index (χ2v) is 9.27. The van der Waals surface area contributed by atoms with Crippen LogP contribution in [-0.4, -0.2) is 26.8 Å². The van der Waals surface area contributed by atoms with Crippen LogP contribution in [-0.2, 0) is 19.4 Å². The molecule has 0 amide bonds. The van der Waals surface area contributed by atoms with Gasteiger partial charge in [-0.05, 0) is 41.7 Å². The molecule has 0 spiro atoms. The fourth-order valence-electron chi connectivity index (χ4n) is 4.59. The van der Waals surface area contributed by atoms with Gasteiger partial charge in [0, 0.05) is 18.1 Å². The topological polar surface area (TPSA) is 112 Å². The Morgan fingerprint density at radius 3 is 2.34 bits per heavy atom. The third-order valence-corrected chi connectivity index (χ3v) is 6.57. The Balaban J connectivity index is 0.00000242. The number of hydrogen-bond acceptors (Lipinski definition) is 7. The SMILES string of the molecule is CCCc1nc(CC)c(Oc2cccc(OC)c2)c(=O)n1Cc1ccc(-c2ccccc2-c2noc(=O)[nH]2)cc1.[H-].[K+]. The molecule has 10 heteroatoms. The number of nitrogens with one attached hydrogen (secondary N) is 1. The van der Waals surface area contributed by atoms with Gasteiger partial charge in [-0.3, -0.25) is 18.9 Å². The van der Waals surface area contributed by atoms with Gasteiger partial charge in [0.25, 0.3) is 5.56 Å². The maximum atomic E-state index is 13.8. The van der Waals surface area contributed by atoms with Crippen LogP contribution < -0.4 is 72.2 Å². The predicted octanol–water partition coefficient (Wildman–Crippen LogP) is 2.73. The van der Waals surface area contributed by atoms with E-state index in [9.17, 15) is 9.59 Å². The molecule has 0 atom stereocenters. The number of methoxy groups -OCH3 is 1. The van der Waals surface area contributed by atoms with Crippen LogP contribution in [0.15, 0.2) is 86.9 Å². The summed E-state index contributed by atoms with van der Waals surface area (Å²) in [4.78, 5) is 32.8. The van der Waals surface area contributed by atoms with Crippen molar-refractivity contribution >= 4 is 0 Å².